The molecule has 0 fully saturated rings. The number of amides is 1. The number of benzene rings is 3. The number of nitrogens with zero attached hydrogens (tertiary/aromatic N) is 2. The number of hydrogen-bond donors (Lipinski definition) is 1. The Bertz CT molecular complexity index is 1150. The van der Waals surface area contributed by atoms with Gasteiger partial charge in [-0.1, -0.05) is 77.5 Å². The van der Waals surface area contributed by atoms with E-state index in [1.807, 2.05) is 74.5 Å². The molecule has 0 aliphatic carbocycles. The van der Waals surface area contributed by atoms with Crippen molar-refractivity contribution in [1.82, 2.24) is 15.5 Å². The summed E-state index contributed by atoms with van der Waals surface area (Å²) in [6, 6.07) is 24.6. The smallest absolute Gasteiger partial charge is 0.264 e. The number of ether oxygens (including phenoxy) is 1. The fraction of sp³-hybridized carbons (Fsp3) is 0.160. The topological polar surface area (TPSA) is 77.2 Å². The molecule has 156 valence electrons. The van der Waals surface area contributed by atoms with Gasteiger partial charge in [0.05, 0.1) is 11.6 Å². The van der Waals surface area contributed by atoms with Gasteiger partial charge in [0.15, 0.2) is 6.61 Å². The quantitative estimate of drug-likeness (QED) is 0.455. The van der Waals surface area contributed by atoms with Gasteiger partial charge in [0.2, 0.25) is 5.82 Å². The maximum Gasteiger partial charge on any atom is 0.264 e. The molecule has 1 heterocycles. The first-order valence-electron chi connectivity index (χ1n) is 10.1. The molecule has 0 aliphatic rings. The molecule has 0 saturated carbocycles. The van der Waals surface area contributed by atoms with Crippen LogP contribution in [0.3, 0.4) is 0 Å². The van der Waals surface area contributed by atoms with Crippen LogP contribution < -0.4 is 10.1 Å². The molecule has 0 radical (unpaired) electrons. The van der Waals surface area contributed by atoms with Crippen LogP contribution in [0.5, 0.6) is 5.75 Å². The van der Waals surface area contributed by atoms with E-state index in [2.05, 4.69) is 15.5 Å². The molecule has 1 N–H and O–H groups in total. The van der Waals surface area contributed by atoms with Gasteiger partial charge in [0, 0.05) is 5.56 Å². The van der Waals surface area contributed by atoms with Gasteiger partial charge in [0.25, 0.3) is 11.8 Å². The molecule has 1 atom stereocenters. The van der Waals surface area contributed by atoms with Gasteiger partial charge in [-0.25, -0.2) is 0 Å². The van der Waals surface area contributed by atoms with Crippen molar-refractivity contribution in [1.29, 1.82) is 0 Å². The molecule has 6 heteroatoms. The zero-order chi connectivity index (χ0) is 21.6. The molecule has 6 nitrogen and oxygen atoms in total. The Morgan fingerprint density at radius 2 is 1.71 bits per heavy atom. The third kappa shape index (κ3) is 4.98. The molecule has 4 rings (SSSR count). The van der Waals surface area contributed by atoms with E-state index < -0.39 is 0 Å². The van der Waals surface area contributed by atoms with Gasteiger partial charge >= 0.3 is 0 Å². The average molecular weight is 413 g/mol. The van der Waals surface area contributed by atoms with Gasteiger partial charge in [-0.3, -0.25) is 4.79 Å². The average Bonchev–Trinajstić information content (AvgIpc) is 3.28. The molecule has 0 spiro atoms. The van der Waals surface area contributed by atoms with Gasteiger partial charge in [-0.05, 0) is 31.5 Å². The van der Waals surface area contributed by atoms with Gasteiger partial charge in [-0.15, -0.1) is 0 Å². The first-order chi connectivity index (χ1) is 15.1. The van der Waals surface area contributed by atoms with Crippen molar-refractivity contribution in [3.63, 3.8) is 0 Å². The third-order valence-corrected chi connectivity index (χ3v) is 4.91. The summed E-state index contributed by atoms with van der Waals surface area (Å²) in [5.74, 6) is 1.08. The summed E-state index contributed by atoms with van der Waals surface area (Å²) in [4.78, 5) is 17.2. The Balaban J connectivity index is 1.43. The fourth-order valence-electron chi connectivity index (χ4n) is 3.15. The molecule has 31 heavy (non-hydrogen) atoms. The van der Waals surface area contributed by atoms with Crippen molar-refractivity contribution in [2.75, 3.05) is 0 Å². The number of carbonyl (C=O) groups excluding carboxylic acids is 1. The van der Waals surface area contributed by atoms with Crippen LogP contribution in [0.4, 0.5) is 0 Å². The Morgan fingerprint density at radius 3 is 2.48 bits per heavy atom. The normalized spacial score (nSPS) is 11.7. The minimum atomic E-state index is -0.210. The predicted octanol–water partition coefficient (Wildman–Crippen LogP) is 5.12. The maximum absolute atomic E-state index is 12.8. The minimum Gasteiger partial charge on any atom is -0.483 e. The summed E-state index contributed by atoms with van der Waals surface area (Å²) in [5.41, 5.74) is 3.51. The number of aryl methyl sites for hydroxylation is 1. The van der Waals surface area contributed by atoms with Crippen LogP contribution in [-0.4, -0.2) is 16.0 Å². The van der Waals surface area contributed by atoms with Crippen LogP contribution in [0.2, 0.25) is 0 Å². The Labute approximate surface area is 180 Å². The van der Waals surface area contributed by atoms with Crippen LogP contribution in [-0.2, 0) is 6.61 Å². The van der Waals surface area contributed by atoms with Crippen molar-refractivity contribution in [2.24, 2.45) is 0 Å². The summed E-state index contributed by atoms with van der Waals surface area (Å²) >= 11 is 0. The lowest BCUT2D eigenvalue weighted by atomic mass is 10.1. The molecule has 0 saturated heterocycles. The van der Waals surface area contributed by atoms with Crippen molar-refractivity contribution in [3.05, 3.63) is 101 Å². The van der Waals surface area contributed by atoms with Crippen LogP contribution in [0.25, 0.3) is 11.4 Å². The molecule has 4 aromatic rings. The molecule has 0 bridgehead atoms. The van der Waals surface area contributed by atoms with Crippen molar-refractivity contribution >= 4 is 5.91 Å². The molecule has 1 amide bonds. The largest absolute Gasteiger partial charge is 0.483 e. The Morgan fingerprint density at radius 1 is 1.00 bits per heavy atom. The summed E-state index contributed by atoms with van der Waals surface area (Å²) in [7, 11) is 0. The van der Waals surface area contributed by atoms with Crippen molar-refractivity contribution < 1.29 is 14.1 Å². The number of para-hydroxylation sites is 1. The van der Waals surface area contributed by atoms with E-state index in [-0.39, 0.29) is 18.6 Å². The predicted molar refractivity (Wildman–Crippen MR) is 118 cm³/mol. The highest BCUT2D eigenvalue weighted by molar-refractivity contribution is 5.97. The van der Waals surface area contributed by atoms with Crippen LogP contribution in [0.1, 0.15) is 40.3 Å². The summed E-state index contributed by atoms with van der Waals surface area (Å²) in [6.45, 7) is 4.03. The van der Waals surface area contributed by atoms with Gasteiger partial charge in [-0.2, -0.15) is 4.98 Å². The number of hydrogen-bond acceptors (Lipinski definition) is 5. The monoisotopic (exact) mass is 413 g/mol. The molecule has 0 aliphatic heterocycles. The number of aromatic nitrogens is 2. The zero-order valence-electron chi connectivity index (χ0n) is 17.4. The molecule has 1 aromatic heterocycles. The van der Waals surface area contributed by atoms with E-state index in [1.165, 1.54) is 0 Å². The summed E-state index contributed by atoms with van der Waals surface area (Å²) < 4.78 is 11.1. The number of nitrogens with one attached hydrogen (secondary N) is 1. The van der Waals surface area contributed by atoms with E-state index >= 15 is 0 Å². The van der Waals surface area contributed by atoms with Gasteiger partial charge < -0.3 is 14.6 Å². The van der Waals surface area contributed by atoms with E-state index in [1.54, 1.807) is 18.2 Å². The van der Waals surface area contributed by atoms with Crippen LogP contribution in [0.15, 0.2) is 83.4 Å². The Hall–Kier alpha value is -3.93. The summed E-state index contributed by atoms with van der Waals surface area (Å²) in [5, 5.41) is 7.02. The molecular formula is C25H23N3O3. The lowest BCUT2D eigenvalue weighted by Crippen LogP contribution is -2.27. The van der Waals surface area contributed by atoms with Crippen molar-refractivity contribution in [2.45, 2.75) is 26.5 Å². The molecule has 3 aromatic carbocycles. The second-order valence-electron chi connectivity index (χ2n) is 7.27. The van der Waals surface area contributed by atoms with E-state index in [0.29, 0.717) is 23.0 Å². The minimum absolute atomic E-state index is 0.0669. The number of rotatable bonds is 7. The fourth-order valence-corrected chi connectivity index (χ4v) is 3.15. The van der Waals surface area contributed by atoms with E-state index in [4.69, 9.17) is 9.26 Å². The SMILES string of the molecule is Cc1ccc(-c2noc(COc3ccccc3C(=O)NC(C)c3ccccc3)n2)cc1. The standard InChI is InChI=1S/C25H23N3O3/c1-17-12-14-20(15-13-17)24-27-23(31-28-24)16-30-22-11-7-6-10-21(22)25(29)26-18(2)19-8-4-3-5-9-19/h3-15,18H,16H2,1-2H3,(H,26,29). The third-order valence-electron chi connectivity index (χ3n) is 4.91. The lowest BCUT2D eigenvalue weighted by Gasteiger charge is -2.16. The maximum atomic E-state index is 12.8. The van der Waals surface area contributed by atoms with Crippen LogP contribution >= 0.6 is 0 Å². The number of carbonyl (C=O) groups is 1. The summed E-state index contributed by atoms with van der Waals surface area (Å²) in [6.07, 6.45) is 0. The second kappa shape index (κ2) is 9.26. The Kier molecular flexibility index (Phi) is 6.08. The first kappa shape index (κ1) is 20.3. The van der Waals surface area contributed by atoms with Crippen LogP contribution in [0, 0.1) is 6.92 Å². The van der Waals surface area contributed by atoms with Gasteiger partial charge in [0.1, 0.15) is 5.75 Å². The second-order valence-corrected chi connectivity index (χ2v) is 7.27. The van der Waals surface area contributed by atoms with E-state index in [0.717, 1.165) is 16.7 Å². The lowest BCUT2D eigenvalue weighted by molar-refractivity contribution is 0.0934. The van der Waals surface area contributed by atoms with Crippen molar-refractivity contribution in [3.8, 4) is 17.1 Å². The highest BCUT2D eigenvalue weighted by atomic mass is 16.5. The molecule has 1 unspecified atom stereocenters. The van der Waals surface area contributed by atoms with E-state index in [9.17, 15) is 4.79 Å². The zero-order valence-corrected chi connectivity index (χ0v) is 17.4. The highest BCUT2D eigenvalue weighted by Gasteiger charge is 2.16. The molecular weight excluding hydrogens is 390 g/mol. The highest BCUT2D eigenvalue weighted by Crippen LogP contribution is 2.22. The first-order valence-corrected chi connectivity index (χ1v) is 10.1.